The van der Waals surface area contributed by atoms with E-state index in [1.54, 1.807) is 19.4 Å². The smallest absolute Gasteiger partial charge is 0.153 e. The lowest BCUT2D eigenvalue weighted by Crippen LogP contribution is -1.99. The first-order valence-electron chi connectivity index (χ1n) is 6.56. The fourth-order valence-electron chi connectivity index (χ4n) is 2.28. The Bertz CT molecular complexity index is 763. The Balaban J connectivity index is 2.10. The number of methoxy groups -OCH3 is 1. The van der Waals surface area contributed by atoms with Crippen molar-refractivity contribution in [2.75, 3.05) is 7.11 Å². The zero-order chi connectivity index (χ0) is 14.7. The molecule has 104 valence electrons. The number of para-hydroxylation sites is 1. The number of carbonyl (C=O) groups excluding carboxylic acids is 1. The standard InChI is InChI=1S/C17H14N2O2/c1-21-17-8-7-13(11-14(17)12-20)16-9-10-18-19(16)15-5-3-2-4-6-15/h2-12H,1H3. The predicted molar refractivity (Wildman–Crippen MR) is 80.9 cm³/mol. The molecule has 0 atom stereocenters. The molecule has 0 saturated carbocycles. The lowest BCUT2D eigenvalue weighted by atomic mass is 10.1. The summed E-state index contributed by atoms with van der Waals surface area (Å²) < 4.78 is 7.01. The Kier molecular flexibility index (Phi) is 3.51. The maximum atomic E-state index is 11.2. The topological polar surface area (TPSA) is 44.1 Å². The second-order valence-electron chi connectivity index (χ2n) is 4.54. The lowest BCUT2D eigenvalue weighted by Gasteiger charge is -2.09. The van der Waals surface area contributed by atoms with Crippen LogP contribution >= 0.6 is 0 Å². The number of hydrogen-bond acceptors (Lipinski definition) is 3. The fraction of sp³-hybridized carbons (Fsp3) is 0.0588. The molecule has 0 unspecified atom stereocenters. The van der Waals surface area contributed by atoms with Gasteiger partial charge in [0.15, 0.2) is 6.29 Å². The third-order valence-electron chi connectivity index (χ3n) is 3.30. The minimum absolute atomic E-state index is 0.524. The summed E-state index contributed by atoms with van der Waals surface area (Å²) in [7, 11) is 1.55. The molecule has 0 radical (unpaired) electrons. The summed E-state index contributed by atoms with van der Waals surface area (Å²) in [5.74, 6) is 0.569. The highest BCUT2D eigenvalue weighted by Gasteiger charge is 2.10. The van der Waals surface area contributed by atoms with Gasteiger partial charge in [0.25, 0.3) is 0 Å². The molecule has 0 amide bonds. The minimum Gasteiger partial charge on any atom is -0.496 e. The number of aldehydes is 1. The van der Waals surface area contributed by atoms with E-state index < -0.39 is 0 Å². The first-order valence-corrected chi connectivity index (χ1v) is 6.56. The van der Waals surface area contributed by atoms with Crippen molar-refractivity contribution in [1.29, 1.82) is 0 Å². The molecule has 1 heterocycles. The van der Waals surface area contributed by atoms with E-state index in [1.807, 2.05) is 53.2 Å². The van der Waals surface area contributed by atoms with E-state index in [0.29, 0.717) is 11.3 Å². The molecule has 4 nitrogen and oxygen atoms in total. The number of hydrogen-bond donors (Lipinski definition) is 0. The monoisotopic (exact) mass is 278 g/mol. The van der Waals surface area contributed by atoms with Gasteiger partial charge in [-0.25, -0.2) is 4.68 Å². The van der Waals surface area contributed by atoms with Crippen molar-refractivity contribution in [1.82, 2.24) is 9.78 Å². The van der Waals surface area contributed by atoms with Gasteiger partial charge >= 0.3 is 0 Å². The van der Waals surface area contributed by atoms with Crippen molar-refractivity contribution in [2.45, 2.75) is 0 Å². The summed E-state index contributed by atoms with van der Waals surface area (Å²) in [6, 6.07) is 17.3. The van der Waals surface area contributed by atoms with Crippen molar-refractivity contribution in [3.8, 4) is 22.7 Å². The summed E-state index contributed by atoms with van der Waals surface area (Å²) in [6.07, 6.45) is 2.54. The molecule has 0 aliphatic heterocycles. The Hall–Kier alpha value is -2.88. The molecule has 0 fully saturated rings. The van der Waals surface area contributed by atoms with Crippen LogP contribution in [-0.2, 0) is 0 Å². The number of rotatable bonds is 4. The van der Waals surface area contributed by atoms with E-state index in [1.165, 1.54) is 0 Å². The van der Waals surface area contributed by atoms with Gasteiger partial charge in [0.1, 0.15) is 5.75 Å². The molecule has 21 heavy (non-hydrogen) atoms. The lowest BCUT2D eigenvalue weighted by molar-refractivity contribution is 0.112. The Morgan fingerprint density at radius 2 is 1.90 bits per heavy atom. The highest BCUT2D eigenvalue weighted by atomic mass is 16.5. The number of aromatic nitrogens is 2. The van der Waals surface area contributed by atoms with Gasteiger partial charge in [-0.2, -0.15) is 5.10 Å². The van der Waals surface area contributed by atoms with E-state index in [9.17, 15) is 4.79 Å². The molecule has 3 aromatic rings. The van der Waals surface area contributed by atoms with E-state index in [0.717, 1.165) is 23.2 Å². The summed E-state index contributed by atoms with van der Waals surface area (Å²) in [6.45, 7) is 0. The van der Waals surface area contributed by atoms with Crippen molar-refractivity contribution < 1.29 is 9.53 Å². The molecule has 4 heteroatoms. The summed E-state index contributed by atoms with van der Waals surface area (Å²) in [5, 5.41) is 4.36. The first-order chi connectivity index (χ1) is 10.3. The molecular weight excluding hydrogens is 264 g/mol. The molecule has 2 aromatic carbocycles. The zero-order valence-electron chi connectivity index (χ0n) is 11.6. The fourth-order valence-corrected chi connectivity index (χ4v) is 2.28. The van der Waals surface area contributed by atoms with Crippen LogP contribution in [0.1, 0.15) is 10.4 Å². The molecule has 0 saturated heterocycles. The molecule has 0 bridgehead atoms. The SMILES string of the molecule is COc1ccc(-c2ccnn2-c2ccccc2)cc1C=O. The van der Waals surface area contributed by atoms with Gasteiger partial charge < -0.3 is 4.74 Å². The Morgan fingerprint density at radius 1 is 1.10 bits per heavy atom. The van der Waals surface area contributed by atoms with Crippen LogP contribution in [0, 0.1) is 0 Å². The normalized spacial score (nSPS) is 10.3. The van der Waals surface area contributed by atoms with Crippen LogP contribution in [0.5, 0.6) is 5.75 Å². The largest absolute Gasteiger partial charge is 0.496 e. The molecule has 1 aromatic heterocycles. The second kappa shape index (κ2) is 5.63. The van der Waals surface area contributed by atoms with Crippen LogP contribution in [0.25, 0.3) is 16.9 Å². The number of ether oxygens (including phenoxy) is 1. The van der Waals surface area contributed by atoms with E-state index in [2.05, 4.69) is 5.10 Å². The van der Waals surface area contributed by atoms with Crippen molar-refractivity contribution in [3.05, 3.63) is 66.4 Å². The maximum absolute atomic E-state index is 11.2. The Morgan fingerprint density at radius 3 is 2.62 bits per heavy atom. The summed E-state index contributed by atoms with van der Waals surface area (Å²) in [5.41, 5.74) is 3.34. The van der Waals surface area contributed by atoms with Crippen LogP contribution in [0.2, 0.25) is 0 Å². The first kappa shape index (κ1) is 13.1. The summed E-state index contributed by atoms with van der Waals surface area (Å²) in [4.78, 5) is 11.2. The Labute approximate surface area is 122 Å². The van der Waals surface area contributed by atoms with Gasteiger partial charge in [-0.05, 0) is 36.4 Å². The summed E-state index contributed by atoms with van der Waals surface area (Å²) >= 11 is 0. The van der Waals surface area contributed by atoms with Gasteiger partial charge in [0, 0.05) is 5.56 Å². The van der Waals surface area contributed by atoms with E-state index >= 15 is 0 Å². The van der Waals surface area contributed by atoms with E-state index in [-0.39, 0.29) is 0 Å². The number of nitrogens with zero attached hydrogens (tertiary/aromatic N) is 2. The minimum atomic E-state index is 0.524. The van der Waals surface area contributed by atoms with Crippen LogP contribution < -0.4 is 4.74 Å². The van der Waals surface area contributed by atoms with Gasteiger partial charge in [-0.1, -0.05) is 18.2 Å². The third-order valence-corrected chi connectivity index (χ3v) is 3.30. The molecule has 3 rings (SSSR count). The average Bonchev–Trinajstić information content (AvgIpc) is 3.04. The molecule has 0 aliphatic carbocycles. The van der Waals surface area contributed by atoms with Crippen LogP contribution in [-0.4, -0.2) is 23.2 Å². The van der Waals surface area contributed by atoms with Crippen LogP contribution in [0.15, 0.2) is 60.8 Å². The number of carbonyl (C=O) groups is 1. The second-order valence-corrected chi connectivity index (χ2v) is 4.54. The molecule has 0 aliphatic rings. The zero-order valence-corrected chi connectivity index (χ0v) is 11.6. The van der Waals surface area contributed by atoms with E-state index in [4.69, 9.17) is 4.74 Å². The van der Waals surface area contributed by atoms with Gasteiger partial charge in [-0.3, -0.25) is 4.79 Å². The van der Waals surface area contributed by atoms with Gasteiger partial charge in [-0.15, -0.1) is 0 Å². The molecule has 0 N–H and O–H groups in total. The third kappa shape index (κ3) is 2.43. The van der Waals surface area contributed by atoms with Gasteiger partial charge in [0.05, 0.1) is 30.3 Å². The van der Waals surface area contributed by atoms with Crippen molar-refractivity contribution >= 4 is 6.29 Å². The van der Waals surface area contributed by atoms with Crippen molar-refractivity contribution in [3.63, 3.8) is 0 Å². The van der Waals surface area contributed by atoms with Gasteiger partial charge in [0.2, 0.25) is 0 Å². The maximum Gasteiger partial charge on any atom is 0.153 e. The number of benzene rings is 2. The average molecular weight is 278 g/mol. The van der Waals surface area contributed by atoms with Crippen LogP contribution in [0.4, 0.5) is 0 Å². The molecular formula is C17H14N2O2. The quantitative estimate of drug-likeness (QED) is 0.687. The highest BCUT2D eigenvalue weighted by molar-refractivity contribution is 5.82. The molecule has 0 spiro atoms. The predicted octanol–water partition coefficient (Wildman–Crippen LogP) is 3.36. The van der Waals surface area contributed by atoms with Crippen LogP contribution in [0.3, 0.4) is 0 Å². The van der Waals surface area contributed by atoms with Crippen molar-refractivity contribution in [2.24, 2.45) is 0 Å². The highest BCUT2D eigenvalue weighted by Crippen LogP contribution is 2.27.